The topological polar surface area (TPSA) is 106 Å². The molecule has 2 aromatic carbocycles. The number of non-ortho nitro benzene ring substituents is 1. The summed E-state index contributed by atoms with van der Waals surface area (Å²) in [5.41, 5.74) is 0.748. The third-order valence-electron chi connectivity index (χ3n) is 3.48. The summed E-state index contributed by atoms with van der Waals surface area (Å²) in [6.45, 7) is 1.74. The molecule has 0 fully saturated rings. The standard InChI is InChI=1S/C16H16N2O5S/c1-11(12-6-8-15(9-7-12)24(2,22)23)17-16(19)13-4-3-5-14(10-13)18(20)21/h3-11H,1-2H3,(H,17,19)/t11-/m0/s1. The van der Waals surface area contributed by atoms with Gasteiger partial charge in [0, 0.05) is 24.0 Å². The van der Waals surface area contributed by atoms with Gasteiger partial charge in [-0.05, 0) is 30.7 Å². The van der Waals surface area contributed by atoms with Gasteiger partial charge >= 0.3 is 0 Å². The van der Waals surface area contributed by atoms with Crippen molar-refractivity contribution >= 4 is 21.4 Å². The first-order valence-corrected chi connectivity index (χ1v) is 8.93. The van der Waals surface area contributed by atoms with E-state index in [1.54, 1.807) is 19.1 Å². The second-order valence-corrected chi connectivity index (χ2v) is 7.36. The number of carbonyl (C=O) groups is 1. The Hall–Kier alpha value is -2.74. The van der Waals surface area contributed by atoms with E-state index < -0.39 is 20.7 Å². The Morgan fingerprint density at radius 2 is 1.79 bits per heavy atom. The molecule has 0 aliphatic carbocycles. The van der Waals surface area contributed by atoms with Crippen LogP contribution in [0.4, 0.5) is 5.69 Å². The highest BCUT2D eigenvalue weighted by molar-refractivity contribution is 7.90. The molecular weight excluding hydrogens is 332 g/mol. The van der Waals surface area contributed by atoms with Crippen molar-refractivity contribution in [2.45, 2.75) is 17.9 Å². The van der Waals surface area contributed by atoms with E-state index in [2.05, 4.69) is 5.32 Å². The highest BCUT2D eigenvalue weighted by Gasteiger charge is 2.15. The lowest BCUT2D eigenvalue weighted by Gasteiger charge is -2.14. The predicted octanol–water partition coefficient (Wildman–Crippen LogP) is 2.49. The van der Waals surface area contributed by atoms with Crippen LogP contribution in [0, 0.1) is 10.1 Å². The number of carbonyl (C=O) groups excluding carboxylic acids is 1. The minimum absolute atomic E-state index is 0.159. The van der Waals surface area contributed by atoms with Crippen molar-refractivity contribution in [3.63, 3.8) is 0 Å². The van der Waals surface area contributed by atoms with Gasteiger partial charge in [-0.1, -0.05) is 18.2 Å². The van der Waals surface area contributed by atoms with Crippen LogP contribution in [0.25, 0.3) is 0 Å². The number of hydrogen-bond acceptors (Lipinski definition) is 5. The monoisotopic (exact) mass is 348 g/mol. The summed E-state index contributed by atoms with van der Waals surface area (Å²) in [6.07, 6.45) is 1.12. The van der Waals surface area contributed by atoms with Crippen LogP contribution in [0.5, 0.6) is 0 Å². The fourth-order valence-electron chi connectivity index (χ4n) is 2.13. The fraction of sp³-hybridized carbons (Fsp3) is 0.188. The molecular formula is C16H16N2O5S. The summed E-state index contributed by atoms with van der Waals surface area (Å²) < 4.78 is 22.9. The molecule has 0 bridgehead atoms. The van der Waals surface area contributed by atoms with E-state index in [-0.39, 0.29) is 22.2 Å². The Bertz CT molecular complexity index is 876. The quantitative estimate of drug-likeness (QED) is 0.660. The van der Waals surface area contributed by atoms with Crippen molar-refractivity contribution in [2.24, 2.45) is 0 Å². The van der Waals surface area contributed by atoms with Gasteiger partial charge in [-0.2, -0.15) is 0 Å². The number of nitrogens with one attached hydrogen (secondary N) is 1. The molecule has 0 radical (unpaired) electrons. The van der Waals surface area contributed by atoms with E-state index in [4.69, 9.17) is 0 Å². The molecule has 2 rings (SSSR count). The smallest absolute Gasteiger partial charge is 0.270 e. The third kappa shape index (κ3) is 4.17. The van der Waals surface area contributed by atoms with Crippen LogP contribution < -0.4 is 5.32 Å². The Morgan fingerprint density at radius 1 is 1.17 bits per heavy atom. The van der Waals surface area contributed by atoms with Crippen LogP contribution in [0.1, 0.15) is 28.9 Å². The lowest BCUT2D eigenvalue weighted by Crippen LogP contribution is -2.26. The second kappa shape index (κ2) is 6.79. The van der Waals surface area contributed by atoms with Gasteiger partial charge in [0.05, 0.1) is 15.9 Å². The molecule has 0 unspecified atom stereocenters. The number of rotatable bonds is 5. The zero-order valence-corrected chi connectivity index (χ0v) is 13.9. The average Bonchev–Trinajstić information content (AvgIpc) is 2.54. The first-order valence-electron chi connectivity index (χ1n) is 7.04. The fourth-order valence-corrected chi connectivity index (χ4v) is 2.76. The first kappa shape index (κ1) is 17.6. The molecule has 7 nitrogen and oxygen atoms in total. The maximum atomic E-state index is 12.2. The summed E-state index contributed by atoms with van der Waals surface area (Å²) in [4.78, 5) is 22.6. The zero-order chi connectivity index (χ0) is 17.9. The van der Waals surface area contributed by atoms with E-state index in [1.165, 1.54) is 36.4 Å². The number of benzene rings is 2. The van der Waals surface area contributed by atoms with Gasteiger partial charge in [0.25, 0.3) is 11.6 Å². The highest BCUT2D eigenvalue weighted by atomic mass is 32.2. The molecule has 0 saturated heterocycles. The summed E-state index contributed by atoms with van der Waals surface area (Å²) in [5, 5.41) is 13.5. The lowest BCUT2D eigenvalue weighted by atomic mass is 10.1. The van der Waals surface area contributed by atoms with E-state index >= 15 is 0 Å². The number of nitrogens with zero attached hydrogens (tertiary/aromatic N) is 1. The van der Waals surface area contributed by atoms with Gasteiger partial charge in [-0.25, -0.2) is 8.42 Å². The molecule has 1 N–H and O–H groups in total. The lowest BCUT2D eigenvalue weighted by molar-refractivity contribution is -0.384. The normalized spacial score (nSPS) is 12.4. The Balaban J connectivity index is 2.14. The SMILES string of the molecule is C[C@H](NC(=O)c1cccc([N+](=O)[O-])c1)c1ccc(S(C)(=O)=O)cc1. The Labute approximate surface area is 139 Å². The van der Waals surface area contributed by atoms with E-state index in [0.29, 0.717) is 0 Å². The summed E-state index contributed by atoms with van der Waals surface area (Å²) >= 11 is 0. The molecule has 8 heteroatoms. The molecule has 1 atom stereocenters. The number of amides is 1. The molecule has 2 aromatic rings. The Morgan fingerprint density at radius 3 is 2.33 bits per heavy atom. The van der Waals surface area contributed by atoms with Gasteiger partial charge in [0.1, 0.15) is 0 Å². The minimum atomic E-state index is -3.28. The molecule has 0 aliphatic rings. The molecule has 24 heavy (non-hydrogen) atoms. The summed E-state index contributed by atoms with van der Waals surface area (Å²) in [5.74, 6) is -0.446. The van der Waals surface area contributed by atoms with Crippen LogP contribution in [-0.2, 0) is 9.84 Å². The average molecular weight is 348 g/mol. The van der Waals surface area contributed by atoms with Gasteiger partial charge in [0.15, 0.2) is 9.84 Å². The molecule has 0 heterocycles. The second-order valence-electron chi connectivity index (χ2n) is 5.34. The van der Waals surface area contributed by atoms with Crippen molar-refractivity contribution in [2.75, 3.05) is 6.26 Å². The molecule has 1 amide bonds. The highest BCUT2D eigenvalue weighted by Crippen LogP contribution is 2.18. The van der Waals surface area contributed by atoms with Crippen LogP contribution in [0.3, 0.4) is 0 Å². The summed E-state index contributed by atoms with van der Waals surface area (Å²) in [6, 6.07) is 11.2. The van der Waals surface area contributed by atoms with Gasteiger partial charge in [-0.15, -0.1) is 0 Å². The van der Waals surface area contributed by atoms with Crippen molar-refractivity contribution in [1.29, 1.82) is 0 Å². The maximum Gasteiger partial charge on any atom is 0.270 e. The maximum absolute atomic E-state index is 12.2. The minimum Gasteiger partial charge on any atom is -0.346 e. The molecule has 0 aliphatic heterocycles. The van der Waals surface area contributed by atoms with Crippen LogP contribution in [-0.4, -0.2) is 25.5 Å². The van der Waals surface area contributed by atoms with Crippen molar-refractivity contribution in [1.82, 2.24) is 5.32 Å². The van der Waals surface area contributed by atoms with Gasteiger partial charge < -0.3 is 5.32 Å². The molecule has 0 saturated carbocycles. The molecule has 0 spiro atoms. The number of nitro benzene ring substituents is 1. The predicted molar refractivity (Wildman–Crippen MR) is 88.5 cm³/mol. The van der Waals surface area contributed by atoms with Gasteiger partial charge in [-0.3, -0.25) is 14.9 Å². The zero-order valence-electron chi connectivity index (χ0n) is 13.1. The summed E-state index contributed by atoms with van der Waals surface area (Å²) in [7, 11) is -3.28. The largest absolute Gasteiger partial charge is 0.346 e. The van der Waals surface area contributed by atoms with Crippen LogP contribution >= 0.6 is 0 Å². The van der Waals surface area contributed by atoms with E-state index in [9.17, 15) is 23.3 Å². The van der Waals surface area contributed by atoms with E-state index in [0.717, 1.165) is 11.8 Å². The van der Waals surface area contributed by atoms with Crippen molar-refractivity contribution < 1.29 is 18.1 Å². The molecule has 126 valence electrons. The first-order chi connectivity index (χ1) is 11.2. The van der Waals surface area contributed by atoms with E-state index in [1.807, 2.05) is 0 Å². The van der Waals surface area contributed by atoms with Crippen LogP contribution in [0.15, 0.2) is 53.4 Å². The Kier molecular flexibility index (Phi) is 4.99. The third-order valence-corrected chi connectivity index (χ3v) is 4.60. The number of sulfone groups is 1. The van der Waals surface area contributed by atoms with Gasteiger partial charge in [0.2, 0.25) is 0 Å². The number of nitro groups is 1. The van der Waals surface area contributed by atoms with Crippen molar-refractivity contribution in [3.8, 4) is 0 Å². The molecule has 0 aromatic heterocycles. The van der Waals surface area contributed by atoms with Crippen LogP contribution in [0.2, 0.25) is 0 Å². The number of hydrogen-bond donors (Lipinski definition) is 1. The van der Waals surface area contributed by atoms with Crippen molar-refractivity contribution in [3.05, 3.63) is 69.8 Å².